The maximum atomic E-state index is 14.5. The molecule has 0 unspecified atom stereocenters. The van der Waals surface area contributed by atoms with Crippen LogP contribution in [0, 0.1) is 11.8 Å². The quantitative estimate of drug-likeness (QED) is 0.0728. The lowest BCUT2D eigenvalue weighted by molar-refractivity contribution is -0.134. The molecular formula is C86H96N16O18S2. The third-order valence-corrected chi connectivity index (χ3v) is 23.2. The molecule has 10 amide bonds. The number of hydrogen-bond donors (Lipinski definition) is 14. The number of amides is 10. The summed E-state index contributed by atoms with van der Waals surface area (Å²) in [6.07, 6.45) is 5.72. The van der Waals surface area contributed by atoms with Crippen molar-refractivity contribution in [3.05, 3.63) is 189 Å². The van der Waals surface area contributed by atoms with Crippen molar-refractivity contribution in [2.24, 2.45) is 11.8 Å². The first-order valence-corrected chi connectivity index (χ1v) is 41.0. The number of nitrogens with zero attached hydrogens (tertiary/aromatic N) is 4. The number of likely N-dealkylation sites (N-methyl/N-ethyl adjacent to an activating group) is 2. The zero-order valence-electron chi connectivity index (χ0n) is 68.3. The highest BCUT2D eigenvalue weighted by Crippen LogP contribution is 2.33. The van der Waals surface area contributed by atoms with Gasteiger partial charge in [0.05, 0.1) is 74.0 Å². The number of rotatable bonds is 12. The van der Waals surface area contributed by atoms with Crippen molar-refractivity contribution in [3.63, 3.8) is 0 Å². The van der Waals surface area contributed by atoms with E-state index in [1.165, 1.54) is 66.8 Å². The first-order valence-electron chi connectivity index (χ1n) is 39.2. The predicted molar refractivity (Wildman–Crippen MR) is 453 cm³/mol. The molecule has 0 fully saturated rings. The second-order valence-electron chi connectivity index (χ2n) is 30.4. The Bertz CT molecular complexity index is 5350. The molecule has 34 nitrogen and oxygen atoms in total. The fourth-order valence-corrected chi connectivity index (χ4v) is 16.3. The van der Waals surface area contributed by atoms with Crippen LogP contribution in [-0.2, 0) is 83.2 Å². The zero-order valence-corrected chi connectivity index (χ0v) is 69.9. The lowest BCUT2D eigenvalue weighted by atomic mass is 9.94. The summed E-state index contributed by atoms with van der Waals surface area (Å²) in [5.41, 5.74) is 4.97. The standard InChI is InChI=1S/2C43H48N8O9S/c2*1-22-13-35(54)32(16-26-18-45-31-11-8-12-36(60-5)37(26)31)48-40(57)33(15-25-17-44-30-10-7-6-9-29(25)30)49-41(58)34-21-61-42(50-34)27(20-52)14-28(53)19-51(4)43(59)24(3)47-39(56)23(2)46-38(22)55/h2*6-12,17-18,21-23,27,32-33,44-45,52H,3,13-16,19-20H2,1-2,4-5H3,(H,46,55)(H,47,56)(H,48,57)(H,49,58)/t22-,23+,27+,32-,33-;22-,23-,27-,32+,33+/m01/s1. The number of benzene rings is 4. The van der Waals surface area contributed by atoms with Gasteiger partial charge >= 0.3 is 0 Å². The number of aliphatic hydroxyl groups excluding tert-OH is 2. The van der Waals surface area contributed by atoms with Gasteiger partial charge in [-0.3, -0.25) is 67.1 Å². The van der Waals surface area contributed by atoms with Gasteiger partial charge in [-0.05, 0) is 72.5 Å². The van der Waals surface area contributed by atoms with Crippen LogP contribution in [0.3, 0.4) is 0 Å². The molecule has 6 aromatic heterocycles. The molecule has 36 heteroatoms. The van der Waals surface area contributed by atoms with E-state index in [1.807, 2.05) is 60.7 Å². The molecule has 10 aromatic rings. The summed E-state index contributed by atoms with van der Waals surface area (Å²) in [5, 5.41) is 48.2. The SMILES string of the molecule is C=C1NC(=O)[C@@H](C)NC(=O)[C@@H](C)CC(=O)[C@H](Cc2c[nH]c3cccc(OC)c23)NC(=O)[C@H](Cc2c[nH]c3ccccc23)NC(=O)c2csc(n2)[C@@H](CO)CC(=O)CN(C)C1=O.C=C1NC(=O)[C@@H](C)NC(=O)[C@H](C)CC(=O)[C@H](Cc2c[nH]c3cccc(OC)c23)NC(=O)[C@H](Cc2c[nH]c3ccccc23)NC(=O)c2csc(n2)[C@@H](CO)CC(=O)CN(C)C1=O. The number of carbonyl (C=O) groups is 14. The summed E-state index contributed by atoms with van der Waals surface area (Å²) in [6.45, 7) is 11.3. The van der Waals surface area contributed by atoms with Crippen LogP contribution in [0.25, 0.3) is 43.6 Å². The van der Waals surface area contributed by atoms with Gasteiger partial charge in [-0.2, -0.15) is 0 Å². The van der Waals surface area contributed by atoms with Crippen molar-refractivity contribution in [1.82, 2.24) is 82.2 Å². The first kappa shape index (κ1) is 89.5. The Hall–Kier alpha value is -13.3. The molecule has 0 spiro atoms. The van der Waals surface area contributed by atoms with Crippen LogP contribution in [0.4, 0.5) is 0 Å². The molecule has 10 atom stereocenters. The molecule has 2 aliphatic heterocycles. The van der Waals surface area contributed by atoms with Crippen LogP contribution in [0.5, 0.6) is 11.5 Å². The number of H-pyrrole nitrogens is 4. The highest BCUT2D eigenvalue weighted by molar-refractivity contribution is 7.10. The van der Waals surface area contributed by atoms with Crippen molar-refractivity contribution in [2.75, 3.05) is 54.6 Å². The monoisotopic (exact) mass is 1700 g/mol. The Labute approximate surface area is 707 Å². The lowest BCUT2D eigenvalue weighted by Gasteiger charge is -2.24. The largest absolute Gasteiger partial charge is 0.496 e. The number of aromatic amines is 4. The third-order valence-electron chi connectivity index (χ3n) is 21.2. The average Bonchev–Trinajstić information content (AvgIpc) is 1.66. The molecule has 14 N–H and O–H groups in total. The number of aromatic nitrogens is 6. The molecule has 0 saturated carbocycles. The number of hydrogen-bond acceptors (Lipinski definition) is 22. The minimum atomic E-state index is -1.24. The van der Waals surface area contributed by atoms with E-state index in [0.29, 0.717) is 44.5 Å². The van der Waals surface area contributed by atoms with Crippen LogP contribution in [0.2, 0.25) is 0 Å². The van der Waals surface area contributed by atoms with Crippen LogP contribution in [0.15, 0.2) is 145 Å². The zero-order chi connectivity index (χ0) is 87.9. The van der Waals surface area contributed by atoms with Crippen molar-refractivity contribution >= 4 is 148 Å². The van der Waals surface area contributed by atoms with Gasteiger partial charge in [0.15, 0.2) is 23.1 Å². The summed E-state index contributed by atoms with van der Waals surface area (Å²) < 4.78 is 11.2. The molecule has 2 aliphatic rings. The highest BCUT2D eigenvalue weighted by Gasteiger charge is 2.37. The number of thiazole rings is 2. The second kappa shape index (κ2) is 40.2. The van der Waals surface area contributed by atoms with Gasteiger partial charge in [-0.15, -0.1) is 22.7 Å². The second-order valence-corrected chi connectivity index (χ2v) is 32.1. The van der Waals surface area contributed by atoms with Crippen LogP contribution < -0.4 is 52.0 Å². The number of methoxy groups -OCH3 is 2. The number of fused-ring (bicyclic) bond motifs is 8. The topological polar surface area (TPSA) is 490 Å². The molecule has 0 saturated heterocycles. The van der Waals surface area contributed by atoms with E-state index in [-0.39, 0.29) is 97.3 Å². The van der Waals surface area contributed by atoms with Crippen molar-refractivity contribution in [3.8, 4) is 11.5 Å². The summed E-state index contributed by atoms with van der Waals surface area (Å²) in [4.78, 5) is 214. The van der Waals surface area contributed by atoms with E-state index >= 15 is 0 Å². The number of nitrogens with one attached hydrogen (secondary N) is 12. The maximum absolute atomic E-state index is 14.5. The van der Waals surface area contributed by atoms with Crippen molar-refractivity contribution in [2.45, 2.75) is 127 Å². The maximum Gasteiger partial charge on any atom is 0.271 e. The number of para-hydroxylation sites is 2. The number of aliphatic hydroxyl groups is 2. The molecule has 8 heterocycles. The number of carbonyl (C=O) groups excluding carboxylic acids is 14. The van der Waals surface area contributed by atoms with E-state index in [1.54, 1.807) is 49.1 Å². The average molecular weight is 1710 g/mol. The predicted octanol–water partition coefficient (Wildman–Crippen LogP) is 4.84. The molecule has 4 aromatic carbocycles. The van der Waals surface area contributed by atoms with Gasteiger partial charge in [0.1, 0.15) is 47.1 Å². The summed E-state index contributed by atoms with van der Waals surface area (Å²) >= 11 is 2.09. The van der Waals surface area contributed by atoms with Gasteiger partial charge in [0, 0.05) is 168 Å². The van der Waals surface area contributed by atoms with E-state index in [2.05, 4.69) is 85.6 Å². The third kappa shape index (κ3) is 21.6. The van der Waals surface area contributed by atoms with Crippen LogP contribution >= 0.6 is 22.7 Å². The van der Waals surface area contributed by atoms with Crippen molar-refractivity contribution < 1.29 is 86.8 Å². The minimum absolute atomic E-state index is 0.00554. The van der Waals surface area contributed by atoms with Crippen molar-refractivity contribution in [1.29, 1.82) is 0 Å². The molecule has 122 heavy (non-hydrogen) atoms. The van der Waals surface area contributed by atoms with Gasteiger partial charge in [0.25, 0.3) is 23.6 Å². The number of Topliss-reactive ketones (excluding diaryl/α,β-unsaturated/α-hetero) is 4. The molecule has 4 bridgehead atoms. The molecule has 0 radical (unpaired) electrons. The Balaban J connectivity index is 0.000000238. The Morgan fingerprint density at radius 2 is 0.779 bits per heavy atom. The number of ether oxygens (including phenoxy) is 2. The summed E-state index contributed by atoms with van der Waals surface area (Å²) in [7, 11) is 5.73. The van der Waals surface area contributed by atoms with Gasteiger partial charge < -0.3 is 92.0 Å². The van der Waals surface area contributed by atoms with E-state index in [9.17, 15) is 77.3 Å². The highest BCUT2D eigenvalue weighted by atomic mass is 32.1. The van der Waals surface area contributed by atoms with Crippen LogP contribution in [0.1, 0.15) is 118 Å². The number of ketones is 4. The van der Waals surface area contributed by atoms with Gasteiger partial charge in [-0.25, -0.2) is 9.97 Å². The van der Waals surface area contributed by atoms with E-state index < -0.39 is 155 Å². The lowest BCUT2D eigenvalue weighted by Crippen LogP contribution is -2.53. The summed E-state index contributed by atoms with van der Waals surface area (Å²) in [6, 6.07) is 18.5. The fraction of sp³-hybridized carbons (Fsp3) is 0.349. The Morgan fingerprint density at radius 1 is 0.426 bits per heavy atom. The summed E-state index contributed by atoms with van der Waals surface area (Å²) in [5.74, 6) is -11.5. The van der Waals surface area contributed by atoms with E-state index in [4.69, 9.17) is 9.47 Å². The minimum Gasteiger partial charge on any atom is -0.496 e. The molecule has 0 aliphatic carbocycles. The Morgan fingerprint density at radius 3 is 1.16 bits per heavy atom. The fourth-order valence-electron chi connectivity index (χ4n) is 14.5. The van der Waals surface area contributed by atoms with E-state index in [0.717, 1.165) is 65.3 Å². The van der Waals surface area contributed by atoms with Gasteiger partial charge in [0.2, 0.25) is 35.4 Å². The van der Waals surface area contributed by atoms with Gasteiger partial charge in [-0.1, -0.05) is 75.5 Å². The smallest absolute Gasteiger partial charge is 0.271 e. The first-order chi connectivity index (χ1) is 58.3. The molecule has 12 rings (SSSR count). The Kier molecular flexibility index (Phi) is 29.5. The normalized spacial score (nSPS) is 22.1. The molecule has 640 valence electrons. The molecular weight excluding hydrogens is 1610 g/mol. The van der Waals surface area contributed by atoms with Crippen LogP contribution in [-0.4, -0.2) is 223 Å².